The van der Waals surface area contributed by atoms with Crippen molar-refractivity contribution >= 4 is 17.7 Å². The number of nitrogens with zero attached hydrogens (tertiary/aromatic N) is 2. The number of amides is 3. The number of rotatable bonds is 4. The minimum absolute atomic E-state index is 0.00259. The van der Waals surface area contributed by atoms with Crippen molar-refractivity contribution in [3.63, 3.8) is 0 Å². The SMILES string of the molecule is COc1ccc2cc1OCC(=O)NCc1ccc(cc1)O[C@@H]1CCN(C(=O)CCc3n[nH]c(C)c3C)C[C@@H]1NC2=O. The summed E-state index contributed by atoms with van der Waals surface area (Å²) in [5.74, 6) is 0.675. The van der Waals surface area contributed by atoms with Crippen molar-refractivity contribution in [3.05, 3.63) is 70.5 Å². The predicted octanol–water partition coefficient (Wildman–Crippen LogP) is 2.45. The Labute approximate surface area is 238 Å². The normalized spacial score (nSPS) is 19.2. The van der Waals surface area contributed by atoms with Gasteiger partial charge in [-0.25, -0.2) is 0 Å². The minimum atomic E-state index is -0.459. The van der Waals surface area contributed by atoms with Gasteiger partial charge in [-0.2, -0.15) is 5.10 Å². The van der Waals surface area contributed by atoms with Crippen LogP contribution in [0.4, 0.5) is 0 Å². The van der Waals surface area contributed by atoms with Crippen molar-refractivity contribution in [2.75, 3.05) is 26.8 Å². The largest absolute Gasteiger partial charge is 0.493 e. The van der Waals surface area contributed by atoms with Crippen LogP contribution in [-0.2, 0) is 22.6 Å². The first kappa shape index (κ1) is 28.0. The fourth-order valence-electron chi connectivity index (χ4n) is 5.04. The van der Waals surface area contributed by atoms with E-state index in [4.69, 9.17) is 14.2 Å². The van der Waals surface area contributed by atoms with Crippen LogP contribution in [0.5, 0.6) is 17.2 Å². The molecule has 3 N–H and O–H groups in total. The van der Waals surface area contributed by atoms with Crippen LogP contribution in [-0.4, -0.2) is 71.8 Å². The summed E-state index contributed by atoms with van der Waals surface area (Å²) in [5, 5.41) is 13.2. The molecule has 0 unspecified atom stereocenters. The Balaban J connectivity index is 1.37. The van der Waals surface area contributed by atoms with Gasteiger partial charge in [0.1, 0.15) is 11.9 Å². The Bertz CT molecular complexity index is 1420. The second-order valence-electron chi connectivity index (χ2n) is 10.4. The fourth-order valence-corrected chi connectivity index (χ4v) is 5.04. The van der Waals surface area contributed by atoms with Gasteiger partial charge in [0.15, 0.2) is 18.1 Å². The third-order valence-corrected chi connectivity index (χ3v) is 7.63. The molecule has 3 aromatic rings. The van der Waals surface area contributed by atoms with Crippen molar-refractivity contribution in [1.29, 1.82) is 0 Å². The first-order valence-electron chi connectivity index (χ1n) is 13.7. The molecular weight excluding hydrogens is 526 g/mol. The maximum atomic E-state index is 13.4. The van der Waals surface area contributed by atoms with Gasteiger partial charge >= 0.3 is 0 Å². The second-order valence-corrected chi connectivity index (χ2v) is 10.4. The molecule has 0 spiro atoms. The molecule has 4 bridgehead atoms. The van der Waals surface area contributed by atoms with E-state index in [1.807, 2.05) is 38.1 Å². The molecular formula is C30H35N5O6. The molecule has 2 atom stereocenters. The quantitative estimate of drug-likeness (QED) is 0.445. The van der Waals surface area contributed by atoms with Crippen LogP contribution in [0, 0.1) is 13.8 Å². The first-order chi connectivity index (χ1) is 19.8. The second kappa shape index (κ2) is 12.3. The smallest absolute Gasteiger partial charge is 0.258 e. The zero-order chi connectivity index (χ0) is 28.9. The Morgan fingerprint density at radius 3 is 2.68 bits per heavy atom. The van der Waals surface area contributed by atoms with Gasteiger partial charge in [-0.15, -0.1) is 0 Å². The van der Waals surface area contributed by atoms with E-state index in [1.54, 1.807) is 23.1 Å². The van der Waals surface area contributed by atoms with Crippen LogP contribution >= 0.6 is 0 Å². The molecule has 216 valence electrons. The molecule has 11 heteroatoms. The summed E-state index contributed by atoms with van der Waals surface area (Å²) in [6.07, 6.45) is 1.06. The topological polar surface area (TPSA) is 135 Å². The lowest BCUT2D eigenvalue weighted by molar-refractivity contribution is -0.133. The van der Waals surface area contributed by atoms with E-state index < -0.39 is 6.04 Å². The number of aryl methyl sites for hydroxylation is 2. The highest BCUT2D eigenvalue weighted by molar-refractivity contribution is 5.95. The molecule has 0 radical (unpaired) electrons. The van der Waals surface area contributed by atoms with Crippen molar-refractivity contribution in [2.24, 2.45) is 0 Å². The lowest BCUT2D eigenvalue weighted by Crippen LogP contribution is -2.58. The standard InChI is InChI=1S/C30H35N5O6/c1-18-19(2)33-34-23(18)9-11-29(37)35-13-12-25-24(16-35)32-30(38)21-6-10-26(39-3)27(14-21)40-17-28(36)31-15-20-4-7-22(41-25)8-5-20/h4-8,10,14,24-25H,9,11-13,15-17H2,1-3H3,(H,31,36)(H,32,38)(H,33,34)/t24-,25+/m0/s1. The average Bonchev–Trinajstić information content (AvgIpc) is 3.31. The molecule has 3 amide bonds. The van der Waals surface area contributed by atoms with Gasteiger partial charge in [-0.1, -0.05) is 12.1 Å². The molecule has 2 aromatic carbocycles. The van der Waals surface area contributed by atoms with E-state index in [0.717, 1.165) is 22.5 Å². The van der Waals surface area contributed by atoms with Crippen LogP contribution in [0.15, 0.2) is 42.5 Å². The predicted molar refractivity (Wildman–Crippen MR) is 150 cm³/mol. The van der Waals surface area contributed by atoms with Gasteiger partial charge in [0.05, 0.1) is 18.8 Å². The Morgan fingerprint density at radius 1 is 1.15 bits per heavy atom. The number of hydrogen-bond acceptors (Lipinski definition) is 7. The summed E-state index contributed by atoms with van der Waals surface area (Å²) < 4.78 is 17.4. The summed E-state index contributed by atoms with van der Waals surface area (Å²) >= 11 is 0. The molecule has 11 nitrogen and oxygen atoms in total. The number of fused-ring (bicyclic) bond motifs is 7. The molecule has 1 saturated heterocycles. The molecule has 41 heavy (non-hydrogen) atoms. The summed E-state index contributed by atoms with van der Waals surface area (Å²) in [5.41, 5.74) is 4.20. The number of aromatic nitrogens is 2. The van der Waals surface area contributed by atoms with E-state index in [2.05, 4.69) is 20.8 Å². The van der Waals surface area contributed by atoms with Gasteiger partial charge in [-0.05, 0) is 55.3 Å². The molecule has 6 rings (SSSR count). The molecule has 4 heterocycles. The molecule has 1 fully saturated rings. The number of nitrogens with one attached hydrogen (secondary N) is 3. The van der Waals surface area contributed by atoms with Gasteiger partial charge in [0.2, 0.25) is 5.91 Å². The van der Waals surface area contributed by atoms with Crippen LogP contribution < -0.4 is 24.8 Å². The van der Waals surface area contributed by atoms with Crippen LogP contribution in [0.3, 0.4) is 0 Å². The highest BCUT2D eigenvalue weighted by Gasteiger charge is 2.34. The van der Waals surface area contributed by atoms with Gasteiger partial charge < -0.3 is 29.7 Å². The average molecular weight is 562 g/mol. The van der Waals surface area contributed by atoms with Crippen LogP contribution in [0.2, 0.25) is 0 Å². The van der Waals surface area contributed by atoms with E-state index in [0.29, 0.717) is 56.0 Å². The molecule has 3 aliphatic heterocycles. The number of hydrogen-bond donors (Lipinski definition) is 3. The maximum Gasteiger partial charge on any atom is 0.258 e. The molecule has 1 aromatic heterocycles. The highest BCUT2D eigenvalue weighted by atomic mass is 16.5. The number of piperidine rings is 1. The lowest BCUT2D eigenvalue weighted by Gasteiger charge is -2.39. The van der Waals surface area contributed by atoms with Crippen molar-refractivity contribution in [3.8, 4) is 17.2 Å². The summed E-state index contributed by atoms with van der Waals surface area (Å²) in [4.78, 5) is 40.8. The minimum Gasteiger partial charge on any atom is -0.493 e. The van der Waals surface area contributed by atoms with Crippen molar-refractivity contribution < 1.29 is 28.6 Å². The number of aromatic amines is 1. The van der Waals surface area contributed by atoms with Crippen molar-refractivity contribution in [2.45, 2.75) is 51.8 Å². The monoisotopic (exact) mass is 561 g/mol. The van der Waals surface area contributed by atoms with Crippen molar-refractivity contribution in [1.82, 2.24) is 25.7 Å². The Kier molecular flexibility index (Phi) is 8.42. The number of likely N-dealkylation sites (tertiary alicyclic amines) is 1. The summed E-state index contributed by atoms with van der Waals surface area (Å²) in [6, 6.07) is 11.8. The summed E-state index contributed by atoms with van der Waals surface area (Å²) in [6.45, 7) is 4.88. The Hall–Kier alpha value is -4.54. The van der Waals surface area contributed by atoms with E-state index in [9.17, 15) is 14.4 Å². The molecule has 0 saturated carbocycles. The third-order valence-electron chi connectivity index (χ3n) is 7.63. The van der Waals surface area contributed by atoms with Gasteiger partial charge in [-0.3, -0.25) is 19.5 Å². The summed E-state index contributed by atoms with van der Waals surface area (Å²) in [7, 11) is 1.49. The number of H-pyrrole nitrogens is 1. The number of benzene rings is 2. The van der Waals surface area contributed by atoms with Crippen LogP contribution in [0.1, 0.15) is 45.7 Å². The van der Waals surface area contributed by atoms with E-state index in [-0.39, 0.29) is 36.2 Å². The third kappa shape index (κ3) is 6.62. The van der Waals surface area contributed by atoms with E-state index in [1.165, 1.54) is 7.11 Å². The maximum absolute atomic E-state index is 13.4. The van der Waals surface area contributed by atoms with Crippen LogP contribution in [0.25, 0.3) is 0 Å². The zero-order valence-corrected chi connectivity index (χ0v) is 23.5. The van der Waals surface area contributed by atoms with Gasteiger partial charge in [0, 0.05) is 50.2 Å². The first-order valence-corrected chi connectivity index (χ1v) is 13.7. The number of carbonyl (C=O) groups excluding carboxylic acids is 3. The fraction of sp³-hybridized carbons (Fsp3) is 0.400. The Morgan fingerprint density at radius 2 is 1.95 bits per heavy atom. The van der Waals surface area contributed by atoms with Gasteiger partial charge in [0.25, 0.3) is 11.8 Å². The number of methoxy groups -OCH3 is 1. The number of carbonyl (C=O) groups is 3. The molecule has 3 aliphatic rings. The zero-order valence-electron chi connectivity index (χ0n) is 23.5. The van der Waals surface area contributed by atoms with E-state index >= 15 is 0 Å². The molecule has 0 aliphatic carbocycles. The number of ether oxygens (including phenoxy) is 3. The lowest BCUT2D eigenvalue weighted by atomic mass is 10.00. The highest BCUT2D eigenvalue weighted by Crippen LogP contribution is 2.29.